The molecule has 2 heteroatoms. The highest BCUT2D eigenvalue weighted by molar-refractivity contribution is 5.16. The van der Waals surface area contributed by atoms with Crippen LogP contribution in [0.1, 0.15) is 51.9 Å². The quantitative estimate of drug-likeness (QED) is 0.751. The molecule has 1 heterocycles. The van der Waals surface area contributed by atoms with Crippen molar-refractivity contribution < 1.29 is 0 Å². The van der Waals surface area contributed by atoms with Crippen LogP contribution >= 0.6 is 0 Å². The Kier molecular flexibility index (Phi) is 4.48. The summed E-state index contributed by atoms with van der Waals surface area (Å²) < 4.78 is 0. The van der Waals surface area contributed by atoms with Gasteiger partial charge in [-0.25, -0.2) is 0 Å². The molecular formula is C15H26N2. The summed E-state index contributed by atoms with van der Waals surface area (Å²) >= 11 is 0. The third kappa shape index (κ3) is 2.51. The van der Waals surface area contributed by atoms with Gasteiger partial charge in [0.05, 0.1) is 6.04 Å². The van der Waals surface area contributed by atoms with Crippen molar-refractivity contribution in [1.82, 2.24) is 10.2 Å². The first-order valence-corrected chi connectivity index (χ1v) is 7.28. The molecule has 0 aromatic rings. The maximum absolute atomic E-state index is 5.79. The fraction of sp³-hybridized carbons (Fsp3) is 0.867. The van der Waals surface area contributed by atoms with Crippen LogP contribution in [0.5, 0.6) is 0 Å². The Hall–Kier alpha value is -0.520. The summed E-state index contributed by atoms with van der Waals surface area (Å²) in [4.78, 5) is 2.71. The second kappa shape index (κ2) is 5.89. The van der Waals surface area contributed by atoms with Gasteiger partial charge in [0.2, 0.25) is 0 Å². The fourth-order valence-corrected chi connectivity index (χ4v) is 3.72. The summed E-state index contributed by atoms with van der Waals surface area (Å²) in [6, 6.07) is 0.244. The monoisotopic (exact) mass is 234 g/mol. The van der Waals surface area contributed by atoms with Crippen molar-refractivity contribution in [2.75, 3.05) is 19.6 Å². The molecule has 1 aliphatic carbocycles. The van der Waals surface area contributed by atoms with Gasteiger partial charge >= 0.3 is 0 Å². The molecule has 0 spiro atoms. The molecule has 0 aromatic carbocycles. The van der Waals surface area contributed by atoms with Gasteiger partial charge in [-0.15, -0.1) is 6.42 Å². The zero-order valence-corrected chi connectivity index (χ0v) is 11.2. The number of nitrogens with one attached hydrogen (secondary N) is 1. The Balaban J connectivity index is 2.15. The van der Waals surface area contributed by atoms with Crippen LogP contribution in [0.25, 0.3) is 0 Å². The SMILES string of the molecule is C#CC(NCC)C1(N2CCCCC2)CCCC1. The van der Waals surface area contributed by atoms with Crippen LogP contribution < -0.4 is 5.32 Å². The second-order valence-electron chi connectivity index (χ2n) is 5.52. The van der Waals surface area contributed by atoms with Gasteiger partial charge in [-0.2, -0.15) is 0 Å². The van der Waals surface area contributed by atoms with E-state index in [1.165, 1.54) is 58.0 Å². The molecule has 0 amide bonds. The number of likely N-dealkylation sites (N-methyl/N-ethyl adjacent to an activating group) is 1. The minimum Gasteiger partial charge on any atom is -0.302 e. The van der Waals surface area contributed by atoms with Crippen LogP contribution in [-0.4, -0.2) is 36.1 Å². The van der Waals surface area contributed by atoms with Gasteiger partial charge in [0.1, 0.15) is 0 Å². The molecule has 2 nitrogen and oxygen atoms in total. The first kappa shape index (κ1) is 12.9. The van der Waals surface area contributed by atoms with E-state index in [1.54, 1.807) is 0 Å². The van der Waals surface area contributed by atoms with Gasteiger partial charge in [0.25, 0.3) is 0 Å². The van der Waals surface area contributed by atoms with Gasteiger partial charge < -0.3 is 5.32 Å². The standard InChI is InChI=1S/C15H26N2/c1-3-14(16-4-2)15(10-6-7-11-15)17-12-8-5-9-13-17/h1,14,16H,4-13H2,2H3. The Labute approximate surface area is 106 Å². The number of hydrogen-bond acceptors (Lipinski definition) is 2. The summed E-state index contributed by atoms with van der Waals surface area (Å²) in [6.45, 7) is 5.64. The predicted octanol–water partition coefficient (Wildman–Crippen LogP) is 2.40. The van der Waals surface area contributed by atoms with E-state index in [1.807, 2.05) is 0 Å². The smallest absolute Gasteiger partial charge is 0.0873 e. The topological polar surface area (TPSA) is 15.3 Å². The molecule has 96 valence electrons. The average molecular weight is 234 g/mol. The predicted molar refractivity (Wildman–Crippen MR) is 72.9 cm³/mol. The molecule has 1 N–H and O–H groups in total. The number of likely N-dealkylation sites (tertiary alicyclic amines) is 1. The van der Waals surface area contributed by atoms with E-state index in [2.05, 4.69) is 23.1 Å². The largest absolute Gasteiger partial charge is 0.302 e. The van der Waals surface area contributed by atoms with Gasteiger partial charge in [-0.3, -0.25) is 4.90 Å². The van der Waals surface area contributed by atoms with E-state index in [0.29, 0.717) is 0 Å². The Bertz CT molecular complexity index is 267. The van der Waals surface area contributed by atoms with Gasteiger partial charge in [-0.05, 0) is 45.3 Å². The van der Waals surface area contributed by atoms with Crippen molar-refractivity contribution in [2.45, 2.75) is 63.5 Å². The molecule has 2 aliphatic rings. The maximum atomic E-state index is 5.79. The van der Waals surface area contributed by atoms with Crippen LogP contribution in [0.2, 0.25) is 0 Å². The Morgan fingerprint density at radius 1 is 1.18 bits per heavy atom. The van der Waals surface area contributed by atoms with E-state index in [-0.39, 0.29) is 11.6 Å². The van der Waals surface area contributed by atoms with E-state index in [0.717, 1.165) is 6.54 Å². The average Bonchev–Trinajstić information content (AvgIpc) is 2.87. The summed E-state index contributed by atoms with van der Waals surface area (Å²) in [6.07, 6.45) is 15.2. The minimum absolute atomic E-state index is 0.244. The highest BCUT2D eigenvalue weighted by Gasteiger charge is 2.45. The lowest BCUT2D eigenvalue weighted by Gasteiger charge is -2.47. The zero-order valence-electron chi connectivity index (χ0n) is 11.2. The van der Waals surface area contributed by atoms with Crippen LogP contribution in [0.4, 0.5) is 0 Å². The van der Waals surface area contributed by atoms with Gasteiger partial charge in [0.15, 0.2) is 0 Å². The van der Waals surface area contributed by atoms with Gasteiger partial charge in [-0.1, -0.05) is 32.1 Å². The summed E-state index contributed by atoms with van der Waals surface area (Å²) in [5.74, 6) is 3.03. The molecule has 1 aliphatic heterocycles. The lowest BCUT2D eigenvalue weighted by Crippen LogP contribution is -2.60. The molecule has 2 fully saturated rings. The number of nitrogens with zero attached hydrogens (tertiary/aromatic N) is 1. The third-order valence-electron chi connectivity index (χ3n) is 4.57. The highest BCUT2D eigenvalue weighted by Crippen LogP contribution is 2.39. The number of piperidine rings is 1. The molecule has 2 rings (SSSR count). The van der Waals surface area contributed by atoms with Crippen LogP contribution in [0, 0.1) is 12.3 Å². The highest BCUT2D eigenvalue weighted by atomic mass is 15.2. The summed E-state index contributed by atoms with van der Waals surface area (Å²) in [5.41, 5.74) is 0.269. The number of terminal acetylenes is 1. The Morgan fingerprint density at radius 2 is 1.82 bits per heavy atom. The van der Waals surface area contributed by atoms with Gasteiger partial charge in [0, 0.05) is 5.54 Å². The van der Waals surface area contributed by atoms with E-state index >= 15 is 0 Å². The molecule has 1 atom stereocenters. The maximum Gasteiger partial charge on any atom is 0.0873 e. The normalized spacial score (nSPS) is 26.6. The lowest BCUT2D eigenvalue weighted by atomic mass is 9.84. The van der Waals surface area contributed by atoms with Crippen LogP contribution in [0.15, 0.2) is 0 Å². The molecule has 0 bridgehead atoms. The lowest BCUT2D eigenvalue weighted by molar-refractivity contribution is 0.0530. The number of hydrogen-bond donors (Lipinski definition) is 1. The molecule has 1 unspecified atom stereocenters. The molecule has 0 radical (unpaired) electrons. The first-order chi connectivity index (χ1) is 8.33. The van der Waals surface area contributed by atoms with E-state index in [9.17, 15) is 0 Å². The first-order valence-electron chi connectivity index (χ1n) is 7.28. The van der Waals surface area contributed by atoms with E-state index in [4.69, 9.17) is 6.42 Å². The summed E-state index contributed by atoms with van der Waals surface area (Å²) in [5, 5.41) is 3.53. The van der Waals surface area contributed by atoms with Crippen molar-refractivity contribution in [1.29, 1.82) is 0 Å². The molecule has 1 saturated carbocycles. The third-order valence-corrected chi connectivity index (χ3v) is 4.57. The molecule has 17 heavy (non-hydrogen) atoms. The van der Waals surface area contributed by atoms with E-state index < -0.39 is 0 Å². The molecular weight excluding hydrogens is 208 g/mol. The van der Waals surface area contributed by atoms with Crippen LogP contribution in [0.3, 0.4) is 0 Å². The fourth-order valence-electron chi connectivity index (χ4n) is 3.72. The second-order valence-corrected chi connectivity index (χ2v) is 5.52. The van der Waals surface area contributed by atoms with Crippen molar-refractivity contribution in [3.63, 3.8) is 0 Å². The van der Waals surface area contributed by atoms with Crippen molar-refractivity contribution >= 4 is 0 Å². The van der Waals surface area contributed by atoms with Crippen molar-refractivity contribution in [2.24, 2.45) is 0 Å². The summed E-state index contributed by atoms with van der Waals surface area (Å²) in [7, 11) is 0. The van der Waals surface area contributed by atoms with Crippen molar-refractivity contribution in [3.05, 3.63) is 0 Å². The molecule has 1 saturated heterocycles. The molecule has 0 aromatic heterocycles. The van der Waals surface area contributed by atoms with Crippen molar-refractivity contribution in [3.8, 4) is 12.3 Å². The zero-order chi connectivity index (χ0) is 12.1. The minimum atomic E-state index is 0.244. The van der Waals surface area contributed by atoms with Crippen LogP contribution in [-0.2, 0) is 0 Å². The Morgan fingerprint density at radius 3 is 2.35 bits per heavy atom. The number of rotatable bonds is 4.